The summed E-state index contributed by atoms with van der Waals surface area (Å²) < 4.78 is 67.0. The molecule has 0 aliphatic carbocycles. The summed E-state index contributed by atoms with van der Waals surface area (Å²) in [7, 11) is 1.44. The highest BCUT2D eigenvalue weighted by atomic mass is 19.4. The fraction of sp³-hybridized carbons (Fsp3) is 0.481. The summed E-state index contributed by atoms with van der Waals surface area (Å²) in [4.78, 5) is 24.1. The number of hydrogen-bond acceptors (Lipinski definition) is 6. The van der Waals surface area contributed by atoms with Gasteiger partial charge in [-0.05, 0) is 38.0 Å². The van der Waals surface area contributed by atoms with E-state index in [9.17, 15) is 27.2 Å². The van der Waals surface area contributed by atoms with Gasteiger partial charge in [0.15, 0.2) is 6.61 Å². The van der Waals surface area contributed by atoms with E-state index < -0.39 is 48.2 Å². The van der Waals surface area contributed by atoms with Crippen molar-refractivity contribution in [1.29, 1.82) is 0 Å². The zero-order valence-corrected chi connectivity index (χ0v) is 22.4. The Balaban J connectivity index is 2.15. The molecule has 0 aliphatic rings. The third kappa shape index (κ3) is 10.6. The number of ether oxygens (including phenoxy) is 2. The van der Waals surface area contributed by atoms with Crippen molar-refractivity contribution in [2.24, 2.45) is 5.73 Å². The van der Waals surface area contributed by atoms with Gasteiger partial charge in [-0.2, -0.15) is 13.2 Å². The summed E-state index contributed by atoms with van der Waals surface area (Å²) in [5, 5.41) is 8.21. The Morgan fingerprint density at radius 2 is 1.72 bits per heavy atom. The number of alkyl halides is 4. The number of halogens is 4. The molecule has 8 nitrogen and oxygen atoms in total. The second kappa shape index (κ2) is 14.0. The smallest absolute Gasteiger partial charge is 0.407 e. The molecule has 0 saturated carbocycles. The maximum absolute atomic E-state index is 14.6. The summed E-state index contributed by atoms with van der Waals surface area (Å²) in [6.45, 7) is 4.12. The van der Waals surface area contributed by atoms with E-state index in [1.165, 1.54) is 45.2 Å². The van der Waals surface area contributed by atoms with Gasteiger partial charge in [-0.1, -0.05) is 37.3 Å². The molecule has 0 saturated heterocycles. The quantitative estimate of drug-likeness (QED) is 0.244. The molecule has 2 aromatic carbocycles. The molecule has 0 radical (unpaired) electrons. The van der Waals surface area contributed by atoms with Gasteiger partial charge >= 0.3 is 6.18 Å². The van der Waals surface area contributed by atoms with Crippen LogP contribution in [0.4, 0.5) is 23.2 Å². The third-order valence-electron chi connectivity index (χ3n) is 5.77. The number of benzene rings is 2. The number of nitrogens with two attached hydrogens (primary N) is 1. The van der Waals surface area contributed by atoms with Gasteiger partial charge in [-0.25, -0.2) is 4.39 Å². The van der Waals surface area contributed by atoms with Crippen LogP contribution in [-0.2, 0) is 9.59 Å². The van der Waals surface area contributed by atoms with Crippen molar-refractivity contribution in [3.8, 4) is 11.5 Å². The SMILES string of the molecule is CC[C@@H](CNc1ccc(OCC(N)=O)cc1OC)NC(=O)[C@H](CC(C)(C)F)N[C@@H](c1ccccc1)C(F)(F)F. The molecule has 2 amide bonds. The Labute approximate surface area is 225 Å². The standard InChI is InChI=1S/C27H36F4N4O4/c1-5-18(15-33-20-12-11-19(13-22(20)38-4)39-16-23(32)36)34-25(37)21(14-26(2,3)28)35-24(27(29,30)31)17-9-7-6-8-10-17/h6-13,18,21,24,33,35H,5,14-16H2,1-4H3,(H2,32,36)(H,34,37)/t18-,21-,24-/m0/s1. The minimum Gasteiger partial charge on any atom is -0.494 e. The molecule has 0 heterocycles. The van der Waals surface area contributed by atoms with Gasteiger partial charge < -0.3 is 25.8 Å². The Morgan fingerprint density at radius 1 is 1.05 bits per heavy atom. The van der Waals surface area contributed by atoms with Gasteiger partial charge in [0.05, 0.1) is 18.8 Å². The lowest BCUT2D eigenvalue weighted by Crippen LogP contribution is -2.53. The molecule has 0 aromatic heterocycles. The van der Waals surface area contributed by atoms with E-state index >= 15 is 0 Å². The highest BCUT2D eigenvalue weighted by Gasteiger charge is 2.43. The van der Waals surface area contributed by atoms with Crippen molar-refractivity contribution in [1.82, 2.24) is 10.6 Å². The second-order valence-electron chi connectivity index (χ2n) is 9.64. The van der Waals surface area contributed by atoms with E-state index in [2.05, 4.69) is 16.0 Å². The van der Waals surface area contributed by atoms with Crippen LogP contribution < -0.4 is 31.2 Å². The normalized spacial score (nSPS) is 14.2. The fourth-order valence-electron chi connectivity index (χ4n) is 3.83. The van der Waals surface area contributed by atoms with Crippen LogP contribution in [0.3, 0.4) is 0 Å². The van der Waals surface area contributed by atoms with E-state index in [1.54, 1.807) is 31.2 Å². The van der Waals surface area contributed by atoms with E-state index in [0.717, 1.165) is 0 Å². The Kier molecular flexibility index (Phi) is 11.4. The minimum atomic E-state index is -4.71. The lowest BCUT2D eigenvalue weighted by Gasteiger charge is -2.31. The lowest BCUT2D eigenvalue weighted by atomic mass is 9.97. The first kappa shape index (κ1) is 31.7. The summed E-state index contributed by atoms with van der Waals surface area (Å²) in [5.41, 5.74) is 3.65. The number of rotatable bonds is 15. The number of methoxy groups -OCH3 is 1. The summed E-state index contributed by atoms with van der Waals surface area (Å²) in [6.07, 6.45) is -4.74. The van der Waals surface area contributed by atoms with Crippen LogP contribution in [-0.4, -0.2) is 56.0 Å². The Morgan fingerprint density at radius 3 is 2.26 bits per heavy atom. The number of carbonyl (C=O) groups is 2. The van der Waals surface area contributed by atoms with Gasteiger partial charge in [-0.3, -0.25) is 14.9 Å². The molecular formula is C27H36F4N4O4. The van der Waals surface area contributed by atoms with Crippen molar-refractivity contribution in [3.05, 3.63) is 54.1 Å². The molecule has 0 unspecified atom stereocenters. The molecule has 3 atom stereocenters. The van der Waals surface area contributed by atoms with Crippen LogP contribution in [0.25, 0.3) is 0 Å². The molecule has 2 rings (SSSR count). The average molecular weight is 557 g/mol. The first-order valence-electron chi connectivity index (χ1n) is 12.4. The Bertz CT molecular complexity index is 1080. The van der Waals surface area contributed by atoms with Crippen LogP contribution in [0.1, 0.15) is 45.2 Å². The predicted octanol–water partition coefficient (Wildman–Crippen LogP) is 4.27. The molecule has 12 heteroatoms. The van der Waals surface area contributed by atoms with Gasteiger partial charge in [0.2, 0.25) is 5.91 Å². The predicted molar refractivity (Wildman–Crippen MR) is 140 cm³/mol. The third-order valence-corrected chi connectivity index (χ3v) is 5.77. The maximum Gasteiger partial charge on any atom is 0.407 e. The van der Waals surface area contributed by atoms with Crippen LogP contribution in [0.2, 0.25) is 0 Å². The van der Waals surface area contributed by atoms with E-state index in [0.29, 0.717) is 23.6 Å². The van der Waals surface area contributed by atoms with Crippen molar-refractivity contribution in [2.45, 2.75) is 63.6 Å². The molecule has 0 bridgehead atoms. The first-order chi connectivity index (χ1) is 18.2. The Hall–Kier alpha value is -3.54. The number of primary amides is 1. The van der Waals surface area contributed by atoms with Crippen LogP contribution in [0, 0.1) is 0 Å². The number of nitrogens with one attached hydrogen (secondary N) is 3. The zero-order valence-electron chi connectivity index (χ0n) is 22.4. The molecular weight excluding hydrogens is 520 g/mol. The molecule has 0 aliphatic heterocycles. The van der Waals surface area contributed by atoms with Crippen LogP contribution in [0.5, 0.6) is 11.5 Å². The molecule has 39 heavy (non-hydrogen) atoms. The summed E-state index contributed by atoms with van der Waals surface area (Å²) >= 11 is 0. The largest absolute Gasteiger partial charge is 0.494 e. The monoisotopic (exact) mass is 556 g/mol. The number of hydrogen-bond donors (Lipinski definition) is 4. The fourth-order valence-corrected chi connectivity index (χ4v) is 3.83. The molecule has 0 fully saturated rings. The number of carbonyl (C=O) groups excluding carboxylic acids is 2. The van der Waals surface area contributed by atoms with Gasteiger partial charge in [0, 0.05) is 25.1 Å². The minimum absolute atomic E-state index is 0.0801. The molecule has 5 N–H and O–H groups in total. The van der Waals surface area contributed by atoms with Crippen molar-refractivity contribution in [3.63, 3.8) is 0 Å². The van der Waals surface area contributed by atoms with Crippen LogP contribution >= 0.6 is 0 Å². The van der Waals surface area contributed by atoms with E-state index in [-0.39, 0.29) is 18.7 Å². The van der Waals surface area contributed by atoms with Crippen LogP contribution in [0.15, 0.2) is 48.5 Å². The molecule has 0 spiro atoms. The first-order valence-corrected chi connectivity index (χ1v) is 12.4. The molecule has 2 aromatic rings. The maximum atomic E-state index is 14.6. The van der Waals surface area contributed by atoms with Gasteiger partial charge in [-0.15, -0.1) is 0 Å². The lowest BCUT2D eigenvalue weighted by molar-refractivity contribution is -0.161. The highest BCUT2D eigenvalue weighted by Crippen LogP contribution is 2.34. The summed E-state index contributed by atoms with van der Waals surface area (Å²) in [5.74, 6) is -0.627. The van der Waals surface area contributed by atoms with E-state index in [1.807, 2.05) is 0 Å². The van der Waals surface area contributed by atoms with Crippen molar-refractivity contribution < 1.29 is 36.6 Å². The van der Waals surface area contributed by atoms with Gasteiger partial charge in [0.1, 0.15) is 23.2 Å². The highest BCUT2D eigenvalue weighted by molar-refractivity contribution is 5.82. The number of anilines is 1. The average Bonchev–Trinajstić information content (AvgIpc) is 2.86. The molecule has 216 valence electrons. The van der Waals surface area contributed by atoms with Gasteiger partial charge in [0.25, 0.3) is 5.91 Å². The topological polar surface area (TPSA) is 115 Å². The zero-order chi connectivity index (χ0) is 29.2. The van der Waals surface area contributed by atoms with Crippen molar-refractivity contribution >= 4 is 17.5 Å². The number of amides is 2. The second-order valence-corrected chi connectivity index (χ2v) is 9.64. The van der Waals surface area contributed by atoms with E-state index in [4.69, 9.17) is 15.2 Å². The summed E-state index contributed by atoms with van der Waals surface area (Å²) in [6, 6.07) is 7.80. The van der Waals surface area contributed by atoms with Crippen molar-refractivity contribution in [2.75, 3.05) is 25.6 Å².